The number of benzene rings is 2. The van der Waals surface area contributed by atoms with E-state index in [0.717, 1.165) is 42.5 Å². The van der Waals surface area contributed by atoms with Gasteiger partial charge in [0.2, 0.25) is 5.91 Å². The first-order valence-electron chi connectivity index (χ1n) is 10.0. The predicted molar refractivity (Wildman–Crippen MR) is 112 cm³/mol. The van der Waals surface area contributed by atoms with Gasteiger partial charge in [-0.3, -0.25) is 14.5 Å². The molecular formula is C24H26N2O2. The number of carbonyl (C=O) groups is 2. The average molecular weight is 374 g/mol. The van der Waals surface area contributed by atoms with Crippen molar-refractivity contribution in [1.82, 2.24) is 5.32 Å². The molecule has 0 radical (unpaired) electrons. The molecule has 144 valence electrons. The number of carbonyl (C=O) groups excluding carboxylic acids is 2. The largest absolute Gasteiger partial charge is 0.351 e. The number of nitrogens with zero attached hydrogens (tertiary/aromatic N) is 1. The van der Waals surface area contributed by atoms with E-state index in [2.05, 4.69) is 5.32 Å². The Morgan fingerprint density at radius 3 is 2.54 bits per heavy atom. The van der Waals surface area contributed by atoms with E-state index in [0.29, 0.717) is 0 Å². The quantitative estimate of drug-likeness (QED) is 0.796. The number of anilines is 1. The monoisotopic (exact) mass is 374 g/mol. The Morgan fingerprint density at radius 1 is 1.11 bits per heavy atom. The van der Waals surface area contributed by atoms with Crippen LogP contribution in [-0.2, 0) is 9.59 Å². The van der Waals surface area contributed by atoms with E-state index in [1.165, 1.54) is 0 Å². The first-order valence-corrected chi connectivity index (χ1v) is 10.0. The SMILES string of the molecule is Cc1cccc(N2C(=O)CC2(/C=C/c2ccccc2)C(=O)NC2CCCC2)c1. The van der Waals surface area contributed by atoms with Crippen LogP contribution in [0.15, 0.2) is 60.7 Å². The van der Waals surface area contributed by atoms with Gasteiger partial charge in [0.05, 0.1) is 6.42 Å². The molecule has 1 saturated carbocycles. The lowest BCUT2D eigenvalue weighted by molar-refractivity contribution is -0.137. The predicted octanol–water partition coefficient (Wildman–Crippen LogP) is 4.24. The van der Waals surface area contributed by atoms with Gasteiger partial charge < -0.3 is 5.32 Å². The highest BCUT2D eigenvalue weighted by Crippen LogP contribution is 2.39. The summed E-state index contributed by atoms with van der Waals surface area (Å²) in [6.07, 6.45) is 8.38. The van der Waals surface area contributed by atoms with Crippen LogP contribution in [-0.4, -0.2) is 23.4 Å². The number of amides is 2. The van der Waals surface area contributed by atoms with Crippen LogP contribution in [0, 0.1) is 6.92 Å². The van der Waals surface area contributed by atoms with Gasteiger partial charge in [0.25, 0.3) is 5.91 Å². The molecule has 1 saturated heterocycles. The maximum absolute atomic E-state index is 13.4. The Hall–Kier alpha value is -2.88. The highest BCUT2D eigenvalue weighted by atomic mass is 16.2. The molecule has 1 heterocycles. The number of β-lactam (4-membered cyclic amide) rings is 1. The number of rotatable bonds is 5. The summed E-state index contributed by atoms with van der Waals surface area (Å²) in [5.74, 6) is -0.0995. The summed E-state index contributed by atoms with van der Waals surface area (Å²) in [5.41, 5.74) is 1.88. The van der Waals surface area contributed by atoms with Crippen LogP contribution in [0.2, 0.25) is 0 Å². The first-order chi connectivity index (χ1) is 13.6. The Kier molecular flexibility index (Phi) is 5.03. The minimum Gasteiger partial charge on any atom is -0.351 e. The third-order valence-electron chi connectivity index (χ3n) is 5.76. The molecule has 1 atom stereocenters. The van der Waals surface area contributed by atoms with Crippen LogP contribution in [0.3, 0.4) is 0 Å². The molecule has 1 N–H and O–H groups in total. The fourth-order valence-electron chi connectivity index (χ4n) is 4.23. The molecule has 4 rings (SSSR count). The minimum absolute atomic E-state index is 0.0233. The van der Waals surface area contributed by atoms with E-state index < -0.39 is 5.54 Å². The van der Waals surface area contributed by atoms with Crippen molar-refractivity contribution in [2.75, 3.05) is 4.90 Å². The zero-order valence-corrected chi connectivity index (χ0v) is 16.2. The molecular weight excluding hydrogens is 348 g/mol. The van der Waals surface area contributed by atoms with Crippen LogP contribution in [0.4, 0.5) is 5.69 Å². The van der Waals surface area contributed by atoms with Crippen LogP contribution in [0.1, 0.15) is 43.2 Å². The van der Waals surface area contributed by atoms with Crippen molar-refractivity contribution < 1.29 is 9.59 Å². The van der Waals surface area contributed by atoms with Gasteiger partial charge in [-0.2, -0.15) is 0 Å². The van der Waals surface area contributed by atoms with Gasteiger partial charge in [0, 0.05) is 11.7 Å². The smallest absolute Gasteiger partial charge is 0.251 e. The summed E-state index contributed by atoms with van der Waals surface area (Å²) >= 11 is 0. The summed E-state index contributed by atoms with van der Waals surface area (Å²) in [6.45, 7) is 1.99. The van der Waals surface area contributed by atoms with E-state index in [1.54, 1.807) is 4.90 Å². The van der Waals surface area contributed by atoms with Gasteiger partial charge in [0.1, 0.15) is 0 Å². The molecule has 4 nitrogen and oxygen atoms in total. The number of aryl methyl sites for hydroxylation is 1. The van der Waals surface area contributed by atoms with Crippen molar-refractivity contribution in [2.24, 2.45) is 0 Å². The Labute approximate surface area is 166 Å². The second-order valence-electron chi connectivity index (χ2n) is 7.87. The van der Waals surface area contributed by atoms with Gasteiger partial charge in [-0.25, -0.2) is 0 Å². The van der Waals surface area contributed by atoms with E-state index in [9.17, 15) is 9.59 Å². The Bertz CT molecular complexity index is 900. The number of hydrogen-bond donors (Lipinski definition) is 1. The molecule has 2 amide bonds. The summed E-state index contributed by atoms with van der Waals surface area (Å²) < 4.78 is 0. The van der Waals surface area contributed by atoms with Crippen LogP contribution < -0.4 is 10.2 Å². The second kappa shape index (κ2) is 7.63. The zero-order valence-electron chi connectivity index (χ0n) is 16.2. The molecule has 1 aliphatic heterocycles. The molecule has 4 heteroatoms. The topological polar surface area (TPSA) is 49.4 Å². The molecule has 2 fully saturated rings. The van der Waals surface area contributed by atoms with Crippen molar-refractivity contribution in [3.05, 3.63) is 71.8 Å². The lowest BCUT2D eigenvalue weighted by atomic mass is 9.80. The van der Waals surface area contributed by atoms with Gasteiger partial charge in [-0.1, -0.05) is 61.4 Å². The standard InChI is InChI=1S/C24H26N2O2/c1-18-8-7-13-21(16-18)26-22(27)17-24(26,15-14-19-9-3-2-4-10-19)23(28)25-20-11-5-6-12-20/h2-4,7-10,13-16,20H,5-6,11-12,17H2,1H3,(H,25,28)/b15-14+. The number of hydrogen-bond acceptors (Lipinski definition) is 2. The Morgan fingerprint density at radius 2 is 1.86 bits per heavy atom. The highest BCUT2D eigenvalue weighted by molar-refractivity contribution is 6.15. The van der Waals surface area contributed by atoms with Crippen LogP contribution >= 0.6 is 0 Å². The van der Waals surface area contributed by atoms with Crippen molar-refractivity contribution in [2.45, 2.75) is 50.6 Å². The minimum atomic E-state index is -0.969. The summed E-state index contributed by atoms with van der Waals surface area (Å²) in [6, 6.07) is 17.9. The number of nitrogens with one attached hydrogen (secondary N) is 1. The van der Waals surface area contributed by atoms with Crippen molar-refractivity contribution in [3.63, 3.8) is 0 Å². The molecule has 2 aromatic rings. The molecule has 0 aromatic heterocycles. The molecule has 1 aliphatic carbocycles. The van der Waals surface area contributed by atoms with E-state index in [4.69, 9.17) is 0 Å². The first kappa shape index (κ1) is 18.5. The van der Waals surface area contributed by atoms with Gasteiger partial charge >= 0.3 is 0 Å². The zero-order chi connectivity index (χ0) is 19.6. The third kappa shape index (κ3) is 3.47. The fraction of sp³-hybridized carbons (Fsp3) is 0.333. The van der Waals surface area contributed by atoms with Crippen molar-refractivity contribution >= 4 is 23.6 Å². The summed E-state index contributed by atoms with van der Waals surface area (Å²) in [4.78, 5) is 27.7. The Balaban J connectivity index is 1.69. The van der Waals surface area contributed by atoms with Crippen molar-refractivity contribution in [3.8, 4) is 0 Å². The lowest BCUT2D eigenvalue weighted by Crippen LogP contribution is -2.70. The average Bonchev–Trinajstić information content (AvgIpc) is 3.18. The lowest BCUT2D eigenvalue weighted by Gasteiger charge is -2.49. The molecule has 1 unspecified atom stereocenters. The maximum atomic E-state index is 13.4. The molecule has 28 heavy (non-hydrogen) atoms. The normalized spacial score (nSPS) is 22.5. The molecule has 0 spiro atoms. The van der Waals surface area contributed by atoms with Gasteiger partial charge in [-0.15, -0.1) is 0 Å². The van der Waals surface area contributed by atoms with Gasteiger partial charge in [0.15, 0.2) is 5.54 Å². The third-order valence-corrected chi connectivity index (χ3v) is 5.76. The fourth-order valence-corrected chi connectivity index (χ4v) is 4.23. The molecule has 2 aliphatic rings. The van der Waals surface area contributed by atoms with Crippen LogP contribution in [0.25, 0.3) is 6.08 Å². The molecule has 2 aromatic carbocycles. The highest BCUT2D eigenvalue weighted by Gasteiger charge is 2.56. The summed E-state index contributed by atoms with van der Waals surface area (Å²) in [7, 11) is 0. The van der Waals surface area contributed by atoms with Gasteiger partial charge in [-0.05, 0) is 49.1 Å². The van der Waals surface area contributed by atoms with E-state index >= 15 is 0 Å². The van der Waals surface area contributed by atoms with E-state index in [-0.39, 0.29) is 24.3 Å². The summed E-state index contributed by atoms with van der Waals surface area (Å²) in [5, 5.41) is 3.21. The second-order valence-corrected chi connectivity index (χ2v) is 7.87. The van der Waals surface area contributed by atoms with E-state index in [1.807, 2.05) is 73.7 Å². The van der Waals surface area contributed by atoms with Crippen molar-refractivity contribution in [1.29, 1.82) is 0 Å². The maximum Gasteiger partial charge on any atom is 0.251 e. The molecule has 0 bridgehead atoms. The van der Waals surface area contributed by atoms with Crippen LogP contribution in [0.5, 0.6) is 0 Å².